The van der Waals surface area contributed by atoms with Crippen molar-refractivity contribution >= 4 is 32.6 Å². The van der Waals surface area contributed by atoms with Crippen LogP contribution < -0.4 is 0 Å². The molecule has 0 atom stereocenters. The number of hydrogen-bond donors (Lipinski definition) is 0. The summed E-state index contributed by atoms with van der Waals surface area (Å²) in [5.41, 5.74) is 2.44. The van der Waals surface area contributed by atoms with Crippen LogP contribution in [-0.2, 0) is 6.37 Å². The summed E-state index contributed by atoms with van der Waals surface area (Å²) >= 11 is 0. The zero-order chi connectivity index (χ0) is 48.3. The predicted octanol–water partition coefficient (Wildman–Crippen LogP) is 12.6. The van der Waals surface area contributed by atoms with Gasteiger partial charge >= 0.3 is 0 Å². The lowest BCUT2D eigenvalue weighted by atomic mass is 9.83. The van der Waals surface area contributed by atoms with Crippen molar-refractivity contribution < 1.29 is 24.7 Å². The second-order valence-electron chi connectivity index (χ2n) is 11.3. The van der Waals surface area contributed by atoms with Crippen molar-refractivity contribution in [3.63, 3.8) is 0 Å². The minimum absolute atomic E-state index is 0.0432. The van der Waals surface area contributed by atoms with Gasteiger partial charge in [0.2, 0.25) is 0 Å². The lowest BCUT2D eigenvalue weighted by Gasteiger charge is -2.20. The first-order chi connectivity index (χ1) is 31.6. The van der Waals surface area contributed by atoms with Crippen LogP contribution in [0.25, 0.3) is 82.8 Å². The first-order valence-electron chi connectivity index (χ1n) is 24.4. The number of rotatable bonds is 6. The molecule has 9 aromatic rings. The summed E-state index contributed by atoms with van der Waals surface area (Å²) in [4.78, 5) is 4.46. The lowest BCUT2D eigenvalue weighted by molar-refractivity contribution is 0.909. The quantitative estimate of drug-likeness (QED) is 0.165. The van der Waals surface area contributed by atoms with Gasteiger partial charge in [0.25, 0.3) is 0 Å². The molecule has 0 fully saturated rings. The van der Waals surface area contributed by atoms with E-state index in [0.717, 1.165) is 0 Å². The zero-order valence-electron chi connectivity index (χ0n) is 43.6. The van der Waals surface area contributed by atoms with Gasteiger partial charge in [-0.2, -0.15) is 0 Å². The highest BCUT2D eigenvalue weighted by Crippen LogP contribution is 2.46. The van der Waals surface area contributed by atoms with Gasteiger partial charge in [0, 0.05) is 18.8 Å². The maximum atomic E-state index is 9.41. The molecular weight excluding hydrogens is 593 g/mol. The summed E-state index contributed by atoms with van der Waals surface area (Å²) in [7, 11) is 0. The maximum absolute atomic E-state index is 9.41. The minimum atomic E-state index is -3.09. The third kappa shape index (κ3) is 4.84. The van der Waals surface area contributed by atoms with E-state index < -0.39 is 91.8 Å². The van der Waals surface area contributed by atoms with E-state index in [4.69, 9.17) is 19.2 Å². The third-order valence-corrected chi connectivity index (χ3v) is 8.64. The molecule has 2 heteroatoms. The van der Waals surface area contributed by atoms with Crippen LogP contribution in [0.2, 0.25) is 0 Å². The van der Waals surface area contributed by atoms with Crippen molar-refractivity contribution in [2.75, 3.05) is 0 Å². The molecule has 0 unspecified atom stereocenters. The molecule has 0 aliphatic rings. The Balaban J connectivity index is 1.37. The molecule has 49 heavy (non-hydrogen) atoms. The number of benzene rings is 8. The van der Waals surface area contributed by atoms with Crippen LogP contribution in [0.15, 0.2) is 176 Å². The van der Waals surface area contributed by atoms with E-state index in [-0.39, 0.29) is 60.8 Å². The molecule has 8 aromatic carbocycles. The Morgan fingerprint density at radius 3 is 1.78 bits per heavy atom. The van der Waals surface area contributed by atoms with E-state index >= 15 is 0 Å². The van der Waals surface area contributed by atoms with Gasteiger partial charge in [0.05, 0.1) is 34.5 Å². The number of aryl methyl sites for hydroxylation is 1. The van der Waals surface area contributed by atoms with Gasteiger partial charge in [-0.1, -0.05) is 164 Å². The van der Waals surface area contributed by atoms with E-state index in [1.165, 1.54) is 16.7 Å². The molecule has 0 bridgehead atoms. The number of hydrogen-bond acceptors (Lipinski definition) is 1. The largest absolute Gasteiger partial charge is 0.296 e. The number of imidazole rings is 1. The van der Waals surface area contributed by atoms with Crippen LogP contribution in [-0.4, -0.2) is 9.55 Å². The van der Waals surface area contributed by atoms with E-state index in [0.29, 0.717) is 27.8 Å². The molecule has 1 heterocycles. The second kappa shape index (κ2) is 12.1. The van der Waals surface area contributed by atoms with Gasteiger partial charge < -0.3 is 0 Å². The molecular formula is C47H34N2. The highest BCUT2D eigenvalue weighted by atomic mass is 15.1. The van der Waals surface area contributed by atoms with Crippen LogP contribution in [0.1, 0.15) is 37.3 Å². The summed E-state index contributed by atoms with van der Waals surface area (Å²) < 4.78 is 159. The van der Waals surface area contributed by atoms with Gasteiger partial charge in [0.1, 0.15) is 5.82 Å². The summed E-state index contributed by atoms with van der Waals surface area (Å²) in [5, 5.41) is -0.500. The normalized spacial score (nSPS) is 17.2. The van der Waals surface area contributed by atoms with Gasteiger partial charge in [-0.15, -0.1) is 0 Å². The fourth-order valence-corrected chi connectivity index (χ4v) is 6.57. The molecule has 0 saturated carbocycles. The first kappa shape index (κ1) is 15.8. The smallest absolute Gasteiger partial charge is 0.114 e. The highest BCUT2D eigenvalue weighted by molar-refractivity contribution is 6.22. The number of para-hydroxylation sites is 3. The van der Waals surface area contributed by atoms with Gasteiger partial charge in [0.15, 0.2) is 0 Å². The van der Waals surface area contributed by atoms with Crippen LogP contribution >= 0.6 is 0 Å². The highest BCUT2D eigenvalue weighted by Gasteiger charge is 2.19. The standard InChI is InChI=1S/C47H34N2/c1-2-45-48-42-25-13-15-27-44(42)49(45)43-26-14-12-19-36(43)33-28-30-34(31-29-33)46-38-21-8-10-23-40(38)47(41-24-11-9-22-39(41)46)37-20-7-6-18-35(37)32-16-4-3-5-17-32/h3-31H,2H2,1H3/i1D3,2D2,3D,4D,5D,8D,9D,10D,11D,16D,17D,21D,22D,23D,24D. The Bertz CT molecular complexity index is 3470. The topological polar surface area (TPSA) is 17.8 Å². The summed E-state index contributed by atoms with van der Waals surface area (Å²) in [5.74, 6) is -0.341. The molecule has 0 radical (unpaired) electrons. The molecule has 0 spiro atoms. The molecule has 232 valence electrons. The zero-order valence-corrected chi connectivity index (χ0v) is 25.6. The van der Waals surface area contributed by atoms with Crippen LogP contribution in [0.3, 0.4) is 0 Å². The lowest BCUT2D eigenvalue weighted by Crippen LogP contribution is -2.02. The molecule has 0 saturated heterocycles. The van der Waals surface area contributed by atoms with E-state index in [1.54, 1.807) is 84.9 Å². The third-order valence-electron chi connectivity index (χ3n) is 8.64. The first-order valence-corrected chi connectivity index (χ1v) is 15.4. The molecule has 2 nitrogen and oxygen atoms in total. The van der Waals surface area contributed by atoms with Crippen LogP contribution in [0.4, 0.5) is 0 Å². The maximum Gasteiger partial charge on any atom is 0.114 e. The fourth-order valence-electron chi connectivity index (χ4n) is 6.57. The number of aromatic nitrogens is 2. The summed E-state index contributed by atoms with van der Waals surface area (Å²) in [6.45, 7) is -3.09. The van der Waals surface area contributed by atoms with Crippen molar-refractivity contribution in [3.8, 4) is 50.2 Å². The Labute approximate surface area is 311 Å². The Morgan fingerprint density at radius 2 is 1.08 bits per heavy atom. The van der Waals surface area contributed by atoms with E-state index in [2.05, 4.69) is 4.98 Å². The average Bonchev–Trinajstić information content (AvgIpc) is 3.72. The Morgan fingerprint density at radius 1 is 0.531 bits per heavy atom. The van der Waals surface area contributed by atoms with E-state index in [1.807, 2.05) is 0 Å². The van der Waals surface area contributed by atoms with Crippen LogP contribution in [0.5, 0.6) is 0 Å². The number of nitrogens with zero attached hydrogens (tertiary/aromatic N) is 2. The van der Waals surface area contributed by atoms with Crippen molar-refractivity contribution in [1.29, 1.82) is 0 Å². The number of fused-ring (bicyclic) bond motifs is 3. The molecule has 1 aromatic heterocycles. The van der Waals surface area contributed by atoms with Gasteiger partial charge in [-0.3, -0.25) is 4.57 Å². The predicted molar refractivity (Wildman–Crippen MR) is 207 cm³/mol. The minimum Gasteiger partial charge on any atom is -0.296 e. The van der Waals surface area contributed by atoms with Gasteiger partial charge in [-0.05, 0) is 78.7 Å². The SMILES string of the molecule is [2H]c1c([2H])c([2H])c(-c2ccccc2-c2c3c([2H])c([2H])c([2H])c([2H])c3c(-c3ccc(-c4ccccc4-n4c(C([2H])([2H])C([2H])([2H])[2H])nc5ccccc54)cc3)c3c([2H])c([2H])c([2H])c([2H])c23)c([2H])c1[2H]. The monoisotopic (exact) mass is 644 g/mol. The Kier molecular flexibility index (Phi) is 3.89. The fraction of sp³-hybridized carbons (Fsp3) is 0.0426. The average molecular weight is 645 g/mol. The van der Waals surface area contributed by atoms with Crippen molar-refractivity contribution in [2.24, 2.45) is 0 Å². The van der Waals surface area contributed by atoms with Gasteiger partial charge in [-0.25, -0.2) is 4.98 Å². The molecule has 0 N–H and O–H groups in total. The summed E-state index contributed by atoms with van der Waals surface area (Å²) in [6, 6.07) is 18.7. The molecule has 0 amide bonds. The summed E-state index contributed by atoms with van der Waals surface area (Å²) in [6.07, 6.45) is -2.88. The van der Waals surface area contributed by atoms with Crippen molar-refractivity contribution in [3.05, 3.63) is 181 Å². The molecule has 9 rings (SSSR count). The van der Waals surface area contributed by atoms with Crippen LogP contribution in [0, 0.1) is 0 Å². The van der Waals surface area contributed by atoms with Crippen molar-refractivity contribution in [1.82, 2.24) is 9.55 Å². The Hall–Kier alpha value is -6.25. The van der Waals surface area contributed by atoms with Crippen molar-refractivity contribution in [2.45, 2.75) is 13.2 Å². The van der Waals surface area contributed by atoms with E-state index in [9.17, 15) is 5.48 Å². The molecule has 0 aliphatic carbocycles. The molecule has 0 aliphatic heterocycles. The second-order valence-corrected chi connectivity index (χ2v) is 11.3.